The van der Waals surface area contributed by atoms with Gasteiger partial charge in [0.15, 0.2) is 0 Å². The third-order valence-electron chi connectivity index (χ3n) is 3.86. The molecule has 0 amide bonds. The van der Waals surface area contributed by atoms with Gasteiger partial charge in [0.2, 0.25) is 0 Å². The van der Waals surface area contributed by atoms with E-state index in [1.54, 1.807) is 18.2 Å². The summed E-state index contributed by atoms with van der Waals surface area (Å²) in [6.07, 6.45) is 0. The quantitative estimate of drug-likeness (QED) is 0.588. The first kappa shape index (κ1) is 18.9. The lowest BCUT2D eigenvalue weighted by Crippen LogP contribution is -2.06. The molecule has 0 aliphatic carbocycles. The average Bonchev–Trinajstić information content (AvgIpc) is 2.66. The molecule has 3 rings (SSSR count). The van der Waals surface area contributed by atoms with Crippen molar-refractivity contribution < 1.29 is 22.4 Å². The summed E-state index contributed by atoms with van der Waals surface area (Å²) in [4.78, 5) is 0. The zero-order valence-corrected chi connectivity index (χ0v) is 15.4. The summed E-state index contributed by atoms with van der Waals surface area (Å²) in [5.41, 5.74) is 2.30. The molecule has 0 aliphatic rings. The Morgan fingerprint density at radius 3 is 1.85 bits per heavy atom. The molecule has 0 atom stereocenters. The number of rotatable bonds is 8. The van der Waals surface area contributed by atoms with Crippen LogP contribution in [0, 0.1) is 0 Å². The van der Waals surface area contributed by atoms with E-state index in [9.17, 15) is 13.0 Å². The van der Waals surface area contributed by atoms with Gasteiger partial charge in [-0.05, 0) is 29.3 Å². The van der Waals surface area contributed by atoms with Crippen molar-refractivity contribution >= 4 is 10.1 Å². The van der Waals surface area contributed by atoms with Crippen LogP contribution in [0.4, 0.5) is 0 Å². The molecule has 0 aromatic heterocycles. The van der Waals surface area contributed by atoms with E-state index in [-0.39, 0.29) is 0 Å². The standard InChI is InChI=1S/C21H20O5S/c22-27(23,24)16-19-13-20(25-14-17-7-3-1-4-8-17)11-12-21(19)26-15-18-9-5-2-6-10-18/h1-13H,14-16H2,(H,22,23,24). The summed E-state index contributed by atoms with van der Waals surface area (Å²) < 4.78 is 43.5. The molecule has 6 heteroatoms. The van der Waals surface area contributed by atoms with Crippen LogP contribution in [0.3, 0.4) is 0 Å². The molecule has 3 aromatic carbocycles. The maximum atomic E-state index is 11.4. The predicted molar refractivity (Wildman–Crippen MR) is 103 cm³/mol. The Bertz CT molecular complexity index is 970. The van der Waals surface area contributed by atoms with E-state index in [1.807, 2.05) is 60.7 Å². The van der Waals surface area contributed by atoms with Gasteiger partial charge >= 0.3 is 0 Å². The van der Waals surface area contributed by atoms with Gasteiger partial charge in [0, 0.05) is 5.56 Å². The normalized spacial score (nSPS) is 11.1. The van der Waals surface area contributed by atoms with Gasteiger partial charge in [-0.2, -0.15) is 8.42 Å². The molecular weight excluding hydrogens is 364 g/mol. The molecule has 140 valence electrons. The number of benzene rings is 3. The Hall–Kier alpha value is -2.83. The molecule has 1 N–H and O–H groups in total. The molecule has 0 heterocycles. The number of ether oxygens (including phenoxy) is 2. The van der Waals surface area contributed by atoms with E-state index < -0.39 is 15.9 Å². The Balaban J connectivity index is 1.76. The number of hydrogen-bond donors (Lipinski definition) is 1. The second-order valence-corrected chi connectivity index (χ2v) is 7.50. The summed E-state index contributed by atoms with van der Waals surface area (Å²) in [6, 6.07) is 24.1. The monoisotopic (exact) mass is 384 g/mol. The van der Waals surface area contributed by atoms with Gasteiger partial charge in [-0.1, -0.05) is 60.7 Å². The Kier molecular flexibility index (Phi) is 6.11. The van der Waals surface area contributed by atoms with Crippen LogP contribution in [0.2, 0.25) is 0 Å². The molecule has 5 nitrogen and oxygen atoms in total. The van der Waals surface area contributed by atoms with Crippen LogP contribution >= 0.6 is 0 Å². The molecule has 3 aromatic rings. The molecule has 0 unspecified atom stereocenters. The SMILES string of the molecule is O=S(=O)(O)Cc1cc(OCc2ccccc2)ccc1OCc1ccccc1. The minimum atomic E-state index is -4.20. The molecule has 0 aliphatic heterocycles. The minimum absolute atomic E-state index is 0.295. The van der Waals surface area contributed by atoms with Crippen molar-refractivity contribution in [2.75, 3.05) is 0 Å². The predicted octanol–water partition coefficient (Wildman–Crippen LogP) is 4.23. The first-order chi connectivity index (χ1) is 13.0. The van der Waals surface area contributed by atoms with Gasteiger partial charge < -0.3 is 9.47 Å². The molecule has 0 fully saturated rings. The first-order valence-electron chi connectivity index (χ1n) is 8.41. The molecule has 0 spiro atoms. The van der Waals surface area contributed by atoms with Crippen LogP contribution in [0.15, 0.2) is 78.9 Å². The van der Waals surface area contributed by atoms with Crippen molar-refractivity contribution in [3.05, 3.63) is 95.6 Å². The van der Waals surface area contributed by atoms with E-state index in [4.69, 9.17) is 9.47 Å². The van der Waals surface area contributed by atoms with Crippen molar-refractivity contribution in [2.45, 2.75) is 19.0 Å². The number of hydrogen-bond acceptors (Lipinski definition) is 4. The van der Waals surface area contributed by atoms with Gasteiger partial charge in [0.05, 0.1) is 0 Å². The second kappa shape index (κ2) is 8.70. The fourth-order valence-electron chi connectivity index (χ4n) is 2.57. The van der Waals surface area contributed by atoms with E-state index in [0.29, 0.717) is 30.3 Å². The maximum Gasteiger partial charge on any atom is 0.269 e. The molecule has 27 heavy (non-hydrogen) atoms. The summed E-state index contributed by atoms with van der Waals surface area (Å²) in [5, 5.41) is 0. The van der Waals surface area contributed by atoms with Gasteiger partial charge in [-0.25, -0.2) is 0 Å². The second-order valence-electron chi connectivity index (χ2n) is 6.04. The zero-order chi connectivity index (χ0) is 19.1. The fourth-order valence-corrected chi connectivity index (χ4v) is 3.19. The van der Waals surface area contributed by atoms with E-state index >= 15 is 0 Å². The van der Waals surface area contributed by atoms with Crippen molar-refractivity contribution in [1.29, 1.82) is 0 Å². The summed E-state index contributed by atoms with van der Waals surface area (Å²) in [7, 11) is -4.20. The lowest BCUT2D eigenvalue weighted by Gasteiger charge is -2.13. The molecule has 0 saturated carbocycles. The highest BCUT2D eigenvalue weighted by atomic mass is 32.2. The summed E-state index contributed by atoms with van der Waals surface area (Å²) >= 11 is 0. The van der Waals surface area contributed by atoms with Crippen LogP contribution in [0.1, 0.15) is 16.7 Å². The van der Waals surface area contributed by atoms with Crippen LogP contribution in [-0.2, 0) is 29.1 Å². The van der Waals surface area contributed by atoms with Crippen LogP contribution in [-0.4, -0.2) is 13.0 Å². The fraction of sp³-hybridized carbons (Fsp3) is 0.143. The largest absolute Gasteiger partial charge is 0.489 e. The lowest BCUT2D eigenvalue weighted by molar-refractivity contribution is 0.295. The smallest absolute Gasteiger partial charge is 0.269 e. The zero-order valence-electron chi connectivity index (χ0n) is 14.6. The molecule has 0 bridgehead atoms. The van der Waals surface area contributed by atoms with Gasteiger partial charge in [-0.15, -0.1) is 0 Å². The third kappa shape index (κ3) is 6.13. The topological polar surface area (TPSA) is 72.8 Å². The highest BCUT2D eigenvalue weighted by Gasteiger charge is 2.14. The molecular formula is C21H20O5S. The molecule has 0 saturated heterocycles. The van der Waals surface area contributed by atoms with Crippen LogP contribution in [0.25, 0.3) is 0 Å². The van der Waals surface area contributed by atoms with E-state index in [0.717, 1.165) is 11.1 Å². The average molecular weight is 384 g/mol. The summed E-state index contributed by atoms with van der Waals surface area (Å²) in [5.74, 6) is 0.354. The van der Waals surface area contributed by atoms with Crippen molar-refractivity contribution in [1.82, 2.24) is 0 Å². The minimum Gasteiger partial charge on any atom is -0.489 e. The first-order valence-corrected chi connectivity index (χ1v) is 10.0. The summed E-state index contributed by atoms with van der Waals surface area (Å²) in [6.45, 7) is 0.653. The lowest BCUT2D eigenvalue weighted by atomic mass is 10.2. The van der Waals surface area contributed by atoms with Crippen molar-refractivity contribution in [3.63, 3.8) is 0 Å². The van der Waals surface area contributed by atoms with E-state index in [1.165, 1.54) is 0 Å². The highest BCUT2D eigenvalue weighted by Crippen LogP contribution is 2.27. The van der Waals surface area contributed by atoms with Crippen LogP contribution in [0.5, 0.6) is 11.5 Å². The maximum absolute atomic E-state index is 11.4. The van der Waals surface area contributed by atoms with Crippen molar-refractivity contribution in [2.24, 2.45) is 0 Å². The van der Waals surface area contributed by atoms with Gasteiger partial charge in [0.25, 0.3) is 10.1 Å². The molecule has 0 radical (unpaired) electrons. The Morgan fingerprint density at radius 2 is 1.30 bits per heavy atom. The third-order valence-corrected chi connectivity index (χ3v) is 4.53. The highest BCUT2D eigenvalue weighted by molar-refractivity contribution is 7.85. The van der Waals surface area contributed by atoms with Gasteiger partial charge in [-0.3, -0.25) is 4.55 Å². The van der Waals surface area contributed by atoms with E-state index in [2.05, 4.69) is 0 Å². The Morgan fingerprint density at radius 1 is 0.741 bits per heavy atom. The Labute approximate surface area is 158 Å². The van der Waals surface area contributed by atoms with Gasteiger partial charge in [0.1, 0.15) is 30.5 Å². The van der Waals surface area contributed by atoms with Crippen LogP contribution < -0.4 is 9.47 Å². The van der Waals surface area contributed by atoms with Crippen molar-refractivity contribution in [3.8, 4) is 11.5 Å².